The van der Waals surface area contributed by atoms with Gasteiger partial charge in [0.15, 0.2) is 0 Å². The van der Waals surface area contributed by atoms with E-state index in [1.807, 2.05) is 6.07 Å². The van der Waals surface area contributed by atoms with Crippen molar-refractivity contribution < 1.29 is 4.39 Å². The van der Waals surface area contributed by atoms with Gasteiger partial charge in [0.1, 0.15) is 5.82 Å². The third-order valence-corrected chi connectivity index (χ3v) is 3.18. The first-order valence-electron chi connectivity index (χ1n) is 6.96. The van der Waals surface area contributed by atoms with Crippen LogP contribution in [-0.4, -0.2) is 13.1 Å². The van der Waals surface area contributed by atoms with Gasteiger partial charge < -0.3 is 10.6 Å². The Balaban J connectivity index is 2.79. The topological polar surface area (TPSA) is 29.3 Å². The van der Waals surface area contributed by atoms with E-state index in [-0.39, 0.29) is 12.4 Å². The maximum atomic E-state index is 13.7. The van der Waals surface area contributed by atoms with Gasteiger partial charge in [-0.3, -0.25) is 0 Å². The van der Waals surface area contributed by atoms with Crippen molar-refractivity contribution in [3.05, 3.63) is 29.6 Å². The van der Waals surface area contributed by atoms with Crippen LogP contribution >= 0.6 is 0 Å². The van der Waals surface area contributed by atoms with Gasteiger partial charge in [-0.2, -0.15) is 0 Å². The molecule has 0 aromatic heterocycles. The lowest BCUT2D eigenvalue weighted by molar-refractivity contribution is 0.607. The molecule has 0 spiro atoms. The van der Waals surface area contributed by atoms with Crippen molar-refractivity contribution in [3.8, 4) is 0 Å². The number of benzene rings is 1. The summed E-state index contributed by atoms with van der Waals surface area (Å²) in [6.07, 6.45) is 4.60. The molecular weight excluding hydrogens is 227 g/mol. The van der Waals surface area contributed by atoms with E-state index >= 15 is 0 Å². The zero-order valence-corrected chi connectivity index (χ0v) is 11.6. The molecule has 102 valence electrons. The van der Waals surface area contributed by atoms with Gasteiger partial charge in [-0.25, -0.2) is 4.39 Å². The summed E-state index contributed by atoms with van der Waals surface area (Å²) >= 11 is 0. The fraction of sp³-hybridized carbons (Fsp3) is 0.600. The van der Waals surface area contributed by atoms with Crippen LogP contribution in [0.5, 0.6) is 0 Å². The third kappa shape index (κ3) is 4.30. The van der Waals surface area contributed by atoms with Gasteiger partial charge in [-0.15, -0.1) is 0 Å². The van der Waals surface area contributed by atoms with Crippen molar-refractivity contribution in [2.75, 3.05) is 18.0 Å². The normalized spacial score (nSPS) is 10.7. The van der Waals surface area contributed by atoms with Crippen LogP contribution in [0.2, 0.25) is 0 Å². The number of unbranched alkanes of at least 4 members (excludes halogenated alkanes) is 2. The third-order valence-electron chi connectivity index (χ3n) is 3.18. The summed E-state index contributed by atoms with van der Waals surface area (Å²) < 4.78 is 13.7. The first kappa shape index (κ1) is 15.0. The number of hydrogen-bond acceptors (Lipinski definition) is 2. The highest BCUT2D eigenvalue weighted by Gasteiger charge is 2.08. The predicted molar refractivity (Wildman–Crippen MR) is 76.3 cm³/mol. The van der Waals surface area contributed by atoms with Crippen molar-refractivity contribution in [1.82, 2.24) is 0 Å². The molecule has 0 bridgehead atoms. The standard InChI is InChI=1S/C15H25FN2/c1-3-5-9-18(10-6-4-2)14-8-7-13(12-17)15(16)11-14/h7-8,11H,3-6,9-10,12,17H2,1-2H3. The lowest BCUT2D eigenvalue weighted by Gasteiger charge is -2.25. The summed E-state index contributed by atoms with van der Waals surface area (Å²) in [5.74, 6) is -0.187. The van der Waals surface area contributed by atoms with E-state index in [1.165, 1.54) is 0 Å². The highest BCUT2D eigenvalue weighted by atomic mass is 19.1. The van der Waals surface area contributed by atoms with Crippen molar-refractivity contribution in [3.63, 3.8) is 0 Å². The van der Waals surface area contributed by atoms with Gasteiger partial charge in [0.2, 0.25) is 0 Å². The summed E-state index contributed by atoms with van der Waals surface area (Å²) in [7, 11) is 0. The minimum atomic E-state index is -0.187. The molecule has 2 N–H and O–H groups in total. The van der Waals surface area contributed by atoms with Gasteiger partial charge in [-0.05, 0) is 25.0 Å². The molecule has 2 nitrogen and oxygen atoms in total. The summed E-state index contributed by atoms with van der Waals surface area (Å²) in [4.78, 5) is 2.27. The molecular formula is C15H25FN2. The molecule has 0 fully saturated rings. The molecule has 0 saturated carbocycles. The fourth-order valence-corrected chi connectivity index (χ4v) is 1.97. The van der Waals surface area contributed by atoms with E-state index in [0.717, 1.165) is 44.5 Å². The lowest BCUT2D eigenvalue weighted by Crippen LogP contribution is -2.25. The zero-order valence-electron chi connectivity index (χ0n) is 11.6. The van der Waals surface area contributed by atoms with Crippen LogP contribution in [0.1, 0.15) is 45.1 Å². The molecule has 0 amide bonds. The smallest absolute Gasteiger partial charge is 0.129 e. The lowest BCUT2D eigenvalue weighted by atomic mass is 10.1. The first-order valence-corrected chi connectivity index (χ1v) is 6.96. The number of anilines is 1. The first-order chi connectivity index (χ1) is 8.72. The average molecular weight is 252 g/mol. The molecule has 0 aliphatic rings. The van der Waals surface area contributed by atoms with Crippen molar-refractivity contribution in [2.24, 2.45) is 5.73 Å². The zero-order chi connectivity index (χ0) is 13.4. The summed E-state index contributed by atoms with van der Waals surface area (Å²) in [6, 6.07) is 5.40. The van der Waals surface area contributed by atoms with Gasteiger partial charge in [0.05, 0.1) is 0 Å². The number of halogens is 1. The second-order valence-corrected chi connectivity index (χ2v) is 4.67. The van der Waals surface area contributed by atoms with Crippen LogP contribution in [0.25, 0.3) is 0 Å². The predicted octanol–water partition coefficient (Wildman–Crippen LogP) is 3.69. The Labute approximate surface area is 110 Å². The summed E-state index contributed by atoms with van der Waals surface area (Å²) in [5.41, 5.74) is 7.05. The van der Waals surface area contributed by atoms with Gasteiger partial charge in [0, 0.05) is 30.9 Å². The van der Waals surface area contributed by atoms with E-state index in [2.05, 4.69) is 18.7 Å². The average Bonchev–Trinajstić information content (AvgIpc) is 2.39. The molecule has 1 rings (SSSR count). The van der Waals surface area contributed by atoms with E-state index < -0.39 is 0 Å². The van der Waals surface area contributed by atoms with E-state index in [9.17, 15) is 4.39 Å². The van der Waals surface area contributed by atoms with E-state index in [1.54, 1.807) is 12.1 Å². The molecule has 3 heteroatoms. The Morgan fingerprint density at radius 2 is 1.72 bits per heavy atom. The highest BCUT2D eigenvalue weighted by Crippen LogP contribution is 2.19. The quantitative estimate of drug-likeness (QED) is 0.764. The van der Waals surface area contributed by atoms with Crippen LogP contribution in [0, 0.1) is 5.82 Å². The fourth-order valence-electron chi connectivity index (χ4n) is 1.97. The maximum absolute atomic E-state index is 13.7. The Morgan fingerprint density at radius 1 is 1.11 bits per heavy atom. The molecule has 0 aliphatic heterocycles. The Kier molecular flexibility index (Phi) is 6.73. The molecule has 0 unspecified atom stereocenters. The molecule has 0 atom stereocenters. The number of nitrogens with two attached hydrogens (primary N) is 1. The van der Waals surface area contributed by atoms with Gasteiger partial charge >= 0.3 is 0 Å². The van der Waals surface area contributed by atoms with Crippen molar-refractivity contribution in [1.29, 1.82) is 0 Å². The van der Waals surface area contributed by atoms with E-state index in [0.29, 0.717) is 5.56 Å². The minimum Gasteiger partial charge on any atom is -0.371 e. The second-order valence-electron chi connectivity index (χ2n) is 4.67. The van der Waals surface area contributed by atoms with Crippen molar-refractivity contribution in [2.45, 2.75) is 46.1 Å². The van der Waals surface area contributed by atoms with Crippen LogP contribution in [0.15, 0.2) is 18.2 Å². The minimum absolute atomic E-state index is 0.187. The molecule has 1 aromatic carbocycles. The van der Waals surface area contributed by atoms with E-state index in [4.69, 9.17) is 5.73 Å². The molecule has 1 aromatic rings. The van der Waals surface area contributed by atoms with Crippen molar-refractivity contribution >= 4 is 5.69 Å². The summed E-state index contributed by atoms with van der Waals surface area (Å²) in [6.45, 7) is 6.61. The van der Waals surface area contributed by atoms with Crippen LogP contribution < -0.4 is 10.6 Å². The summed E-state index contributed by atoms with van der Waals surface area (Å²) in [5, 5.41) is 0. The Morgan fingerprint density at radius 3 is 2.17 bits per heavy atom. The Bertz CT molecular complexity index is 344. The second kappa shape index (κ2) is 8.09. The SMILES string of the molecule is CCCCN(CCCC)c1ccc(CN)c(F)c1. The van der Waals surface area contributed by atoms with Crippen LogP contribution in [0.4, 0.5) is 10.1 Å². The Hall–Kier alpha value is -1.09. The number of nitrogens with zero attached hydrogens (tertiary/aromatic N) is 1. The molecule has 0 radical (unpaired) electrons. The highest BCUT2D eigenvalue weighted by molar-refractivity contribution is 5.48. The molecule has 0 heterocycles. The van der Waals surface area contributed by atoms with Crippen LogP contribution in [0.3, 0.4) is 0 Å². The monoisotopic (exact) mass is 252 g/mol. The molecule has 0 aliphatic carbocycles. The number of hydrogen-bond donors (Lipinski definition) is 1. The van der Waals surface area contributed by atoms with Gasteiger partial charge in [0.25, 0.3) is 0 Å². The molecule has 0 saturated heterocycles. The number of rotatable bonds is 8. The van der Waals surface area contributed by atoms with Crippen LogP contribution in [-0.2, 0) is 6.54 Å². The maximum Gasteiger partial charge on any atom is 0.129 e. The van der Waals surface area contributed by atoms with Gasteiger partial charge in [-0.1, -0.05) is 32.8 Å². The largest absolute Gasteiger partial charge is 0.371 e. The molecule has 18 heavy (non-hydrogen) atoms.